The molecule has 4 heteroatoms. The molecule has 1 aliphatic rings. The summed E-state index contributed by atoms with van der Waals surface area (Å²) in [7, 11) is 1.93. The topological polar surface area (TPSA) is 45.5 Å². The third kappa shape index (κ3) is 2.68. The number of likely N-dealkylation sites (tertiary alicyclic amines) is 1. The quantitative estimate of drug-likeness (QED) is 0.940. The van der Waals surface area contributed by atoms with Gasteiger partial charge in [-0.05, 0) is 38.9 Å². The van der Waals surface area contributed by atoms with E-state index >= 15 is 0 Å². The summed E-state index contributed by atoms with van der Waals surface area (Å²) in [6.45, 7) is 3.66. The molecule has 1 N–H and O–H groups in total. The Hall–Kier alpha value is -1.81. The van der Waals surface area contributed by atoms with Crippen LogP contribution in [0.4, 0.5) is 0 Å². The summed E-state index contributed by atoms with van der Waals surface area (Å²) in [5.41, 5.74) is 0.848. The molecule has 21 heavy (non-hydrogen) atoms. The lowest BCUT2D eigenvalue weighted by molar-refractivity contribution is -0.133. The number of carbonyl (C=O) groups excluding carboxylic acids is 1. The first-order valence-corrected chi connectivity index (χ1v) is 7.64. The van der Waals surface area contributed by atoms with Crippen molar-refractivity contribution in [3.05, 3.63) is 36.1 Å². The van der Waals surface area contributed by atoms with Crippen LogP contribution in [0, 0.1) is 0 Å². The van der Waals surface area contributed by atoms with E-state index in [1.165, 1.54) is 0 Å². The Morgan fingerprint density at radius 2 is 2.29 bits per heavy atom. The van der Waals surface area contributed by atoms with E-state index in [2.05, 4.69) is 5.32 Å². The van der Waals surface area contributed by atoms with Gasteiger partial charge in [0.15, 0.2) is 0 Å². The molecule has 0 saturated carbocycles. The lowest BCUT2D eigenvalue weighted by Crippen LogP contribution is -2.42. The first-order valence-electron chi connectivity index (χ1n) is 7.64. The number of nitrogens with zero attached hydrogens (tertiary/aromatic N) is 1. The van der Waals surface area contributed by atoms with Crippen molar-refractivity contribution in [3.63, 3.8) is 0 Å². The van der Waals surface area contributed by atoms with Crippen molar-refractivity contribution in [2.45, 2.75) is 31.7 Å². The molecule has 1 aliphatic heterocycles. The van der Waals surface area contributed by atoms with E-state index in [0.717, 1.165) is 42.7 Å². The summed E-state index contributed by atoms with van der Waals surface area (Å²) < 4.78 is 5.84. The molecule has 2 atom stereocenters. The molecule has 1 aromatic carbocycles. The highest BCUT2D eigenvalue weighted by Crippen LogP contribution is 2.28. The van der Waals surface area contributed by atoms with Crippen LogP contribution < -0.4 is 5.32 Å². The van der Waals surface area contributed by atoms with Crippen molar-refractivity contribution < 1.29 is 9.21 Å². The zero-order valence-electron chi connectivity index (χ0n) is 12.6. The fraction of sp³-hybridized carbons (Fsp3) is 0.471. The number of likely N-dealkylation sites (N-methyl/N-ethyl adjacent to an activating group) is 1. The second kappa shape index (κ2) is 5.90. The molecule has 1 amide bonds. The fourth-order valence-corrected chi connectivity index (χ4v) is 3.16. The fourth-order valence-electron chi connectivity index (χ4n) is 3.16. The lowest BCUT2D eigenvalue weighted by Gasteiger charge is -2.26. The van der Waals surface area contributed by atoms with Gasteiger partial charge in [0.25, 0.3) is 0 Å². The standard InChI is InChI=1S/C17H22N2O2/c1-12(16-10-13-6-3-4-8-15(13)21-16)17(20)19-9-5-7-14(19)11-18-2/h3-4,6,8,10,12,14,18H,5,7,9,11H2,1-2H3. The van der Waals surface area contributed by atoms with E-state index in [9.17, 15) is 4.79 Å². The Labute approximate surface area is 125 Å². The first-order chi connectivity index (χ1) is 10.2. The smallest absolute Gasteiger partial charge is 0.233 e. The first kappa shape index (κ1) is 14.1. The molecule has 112 valence electrons. The Balaban J connectivity index is 1.80. The molecule has 2 aromatic rings. The number of fused-ring (bicyclic) bond motifs is 1. The van der Waals surface area contributed by atoms with Crippen LogP contribution in [-0.4, -0.2) is 37.0 Å². The van der Waals surface area contributed by atoms with Crippen LogP contribution in [0.25, 0.3) is 11.0 Å². The van der Waals surface area contributed by atoms with Gasteiger partial charge < -0.3 is 14.6 Å². The summed E-state index contributed by atoms with van der Waals surface area (Å²) >= 11 is 0. The van der Waals surface area contributed by atoms with Gasteiger partial charge in [0.05, 0.1) is 5.92 Å². The van der Waals surface area contributed by atoms with Crippen LogP contribution >= 0.6 is 0 Å². The van der Waals surface area contributed by atoms with Gasteiger partial charge in [-0.3, -0.25) is 4.79 Å². The highest BCUT2D eigenvalue weighted by molar-refractivity contribution is 5.85. The van der Waals surface area contributed by atoms with Crippen LogP contribution in [-0.2, 0) is 4.79 Å². The van der Waals surface area contributed by atoms with Gasteiger partial charge >= 0.3 is 0 Å². The summed E-state index contributed by atoms with van der Waals surface area (Å²) in [4.78, 5) is 14.8. The Morgan fingerprint density at radius 3 is 3.05 bits per heavy atom. The summed E-state index contributed by atoms with van der Waals surface area (Å²) in [6.07, 6.45) is 2.17. The average molecular weight is 286 g/mol. The van der Waals surface area contributed by atoms with Crippen LogP contribution in [0.15, 0.2) is 34.7 Å². The van der Waals surface area contributed by atoms with E-state index in [0.29, 0.717) is 6.04 Å². The minimum atomic E-state index is -0.227. The van der Waals surface area contributed by atoms with Crippen LogP contribution in [0.5, 0.6) is 0 Å². The molecular weight excluding hydrogens is 264 g/mol. The highest BCUT2D eigenvalue weighted by Gasteiger charge is 2.32. The maximum atomic E-state index is 12.7. The summed E-state index contributed by atoms with van der Waals surface area (Å²) in [5.74, 6) is 0.706. The van der Waals surface area contributed by atoms with Gasteiger partial charge in [0.2, 0.25) is 5.91 Å². The molecule has 3 rings (SSSR count). The van der Waals surface area contributed by atoms with E-state index < -0.39 is 0 Å². The van der Waals surface area contributed by atoms with Gasteiger partial charge in [-0.15, -0.1) is 0 Å². The van der Waals surface area contributed by atoms with E-state index in [-0.39, 0.29) is 11.8 Å². The molecule has 0 bridgehead atoms. The minimum Gasteiger partial charge on any atom is -0.460 e. The number of amides is 1. The van der Waals surface area contributed by atoms with Gasteiger partial charge in [-0.1, -0.05) is 18.2 Å². The second-order valence-corrected chi connectivity index (χ2v) is 5.79. The SMILES string of the molecule is CNCC1CCCN1C(=O)C(C)c1cc2ccccc2o1. The molecule has 2 heterocycles. The number of nitrogens with one attached hydrogen (secondary N) is 1. The Kier molecular flexibility index (Phi) is 3.97. The van der Waals surface area contributed by atoms with Crippen molar-refractivity contribution in [1.82, 2.24) is 10.2 Å². The Bertz CT molecular complexity index is 602. The average Bonchev–Trinajstić information content (AvgIpc) is 3.12. The second-order valence-electron chi connectivity index (χ2n) is 5.79. The third-order valence-corrected chi connectivity index (χ3v) is 4.34. The minimum absolute atomic E-state index is 0.173. The van der Waals surface area contributed by atoms with Gasteiger partial charge in [0, 0.05) is 24.5 Å². The van der Waals surface area contributed by atoms with Gasteiger partial charge in [-0.2, -0.15) is 0 Å². The zero-order chi connectivity index (χ0) is 14.8. The molecule has 1 fully saturated rings. The lowest BCUT2D eigenvalue weighted by atomic mass is 10.1. The molecule has 0 aliphatic carbocycles. The number of carbonyl (C=O) groups is 1. The van der Waals surface area contributed by atoms with E-state index in [4.69, 9.17) is 4.42 Å². The van der Waals surface area contributed by atoms with Crippen LogP contribution in [0.3, 0.4) is 0 Å². The number of hydrogen-bond donors (Lipinski definition) is 1. The zero-order valence-corrected chi connectivity index (χ0v) is 12.6. The van der Waals surface area contributed by atoms with Gasteiger partial charge in [-0.25, -0.2) is 0 Å². The maximum absolute atomic E-state index is 12.7. The molecule has 0 radical (unpaired) electrons. The van der Waals surface area contributed by atoms with Crippen LogP contribution in [0.2, 0.25) is 0 Å². The van der Waals surface area contributed by atoms with E-state index in [1.54, 1.807) is 0 Å². The normalized spacial score (nSPS) is 20.1. The summed E-state index contributed by atoms with van der Waals surface area (Å²) in [5, 5.41) is 4.23. The van der Waals surface area contributed by atoms with E-state index in [1.807, 2.05) is 49.2 Å². The predicted molar refractivity (Wildman–Crippen MR) is 83.3 cm³/mol. The Morgan fingerprint density at radius 1 is 1.48 bits per heavy atom. The molecule has 1 aromatic heterocycles. The number of para-hydroxylation sites is 1. The molecule has 4 nitrogen and oxygen atoms in total. The van der Waals surface area contributed by atoms with Crippen molar-refractivity contribution in [2.24, 2.45) is 0 Å². The third-order valence-electron chi connectivity index (χ3n) is 4.34. The summed E-state index contributed by atoms with van der Waals surface area (Å²) in [6, 6.07) is 10.2. The number of rotatable bonds is 4. The van der Waals surface area contributed by atoms with Gasteiger partial charge in [0.1, 0.15) is 11.3 Å². The predicted octanol–water partition coefficient (Wildman–Crippen LogP) is 2.75. The van der Waals surface area contributed by atoms with Crippen molar-refractivity contribution in [2.75, 3.05) is 20.1 Å². The molecule has 0 spiro atoms. The van der Waals surface area contributed by atoms with Crippen molar-refractivity contribution in [1.29, 1.82) is 0 Å². The van der Waals surface area contributed by atoms with Crippen molar-refractivity contribution in [3.8, 4) is 0 Å². The van der Waals surface area contributed by atoms with Crippen LogP contribution in [0.1, 0.15) is 31.4 Å². The molecule has 2 unspecified atom stereocenters. The largest absolute Gasteiger partial charge is 0.460 e. The maximum Gasteiger partial charge on any atom is 0.233 e. The highest BCUT2D eigenvalue weighted by atomic mass is 16.3. The number of furan rings is 1. The van der Waals surface area contributed by atoms with Crippen molar-refractivity contribution >= 4 is 16.9 Å². The monoisotopic (exact) mass is 286 g/mol. The molecular formula is C17H22N2O2. The molecule has 1 saturated heterocycles. The number of hydrogen-bond acceptors (Lipinski definition) is 3. The number of benzene rings is 1.